The summed E-state index contributed by atoms with van der Waals surface area (Å²) in [5.41, 5.74) is 4.82. The molecular weight excluding hydrogens is 366 g/mol. The van der Waals surface area contributed by atoms with Gasteiger partial charge in [-0.15, -0.1) is 0 Å². The third-order valence-electron chi connectivity index (χ3n) is 3.86. The largest absolute Gasteiger partial charge is 0.489 e. The molecule has 144 valence electrons. The molecule has 3 rings (SSSR count). The summed E-state index contributed by atoms with van der Waals surface area (Å²) >= 11 is 0. The van der Waals surface area contributed by atoms with Gasteiger partial charge in [0, 0.05) is 0 Å². The molecule has 0 unspecified atom stereocenters. The zero-order valence-corrected chi connectivity index (χ0v) is 15.6. The van der Waals surface area contributed by atoms with E-state index in [0.29, 0.717) is 23.7 Å². The molecule has 29 heavy (non-hydrogen) atoms. The molecule has 1 N–H and O–H groups in total. The van der Waals surface area contributed by atoms with E-state index in [9.17, 15) is 4.79 Å². The van der Waals surface area contributed by atoms with Crippen LogP contribution in [0.25, 0.3) is 0 Å². The van der Waals surface area contributed by atoms with Crippen LogP contribution in [0.4, 0.5) is 0 Å². The van der Waals surface area contributed by atoms with Crippen LogP contribution in [-0.4, -0.2) is 18.7 Å². The topological polar surface area (TPSA) is 83.7 Å². The monoisotopic (exact) mass is 385 g/mol. The molecule has 0 aromatic heterocycles. The Kier molecular flexibility index (Phi) is 6.97. The van der Waals surface area contributed by atoms with Crippen molar-refractivity contribution in [1.82, 2.24) is 5.43 Å². The molecule has 0 aliphatic carbocycles. The second kappa shape index (κ2) is 10.3. The van der Waals surface area contributed by atoms with Gasteiger partial charge in [0.25, 0.3) is 5.91 Å². The minimum absolute atomic E-state index is 0.177. The molecule has 1 amide bonds. The molecule has 6 nitrogen and oxygen atoms in total. The number of nitriles is 1. The Morgan fingerprint density at radius 3 is 2.52 bits per heavy atom. The number of hydrazone groups is 1. The molecule has 3 aromatic carbocycles. The van der Waals surface area contributed by atoms with Crippen molar-refractivity contribution in [2.24, 2.45) is 5.10 Å². The highest BCUT2D eigenvalue weighted by atomic mass is 16.5. The van der Waals surface area contributed by atoms with Crippen LogP contribution >= 0.6 is 0 Å². The van der Waals surface area contributed by atoms with Crippen molar-refractivity contribution in [2.75, 3.05) is 6.61 Å². The zero-order valence-electron chi connectivity index (χ0n) is 15.6. The first-order valence-corrected chi connectivity index (χ1v) is 8.94. The summed E-state index contributed by atoms with van der Waals surface area (Å²) in [7, 11) is 0. The molecule has 0 fully saturated rings. The van der Waals surface area contributed by atoms with E-state index in [4.69, 9.17) is 14.7 Å². The van der Waals surface area contributed by atoms with Crippen LogP contribution in [-0.2, 0) is 11.4 Å². The van der Waals surface area contributed by atoms with Crippen molar-refractivity contribution in [3.8, 4) is 17.6 Å². The molecule has 0 aliphatic rings. The minimum atomic E-state index is -0.387. The van der Waals surface area contributed by atoms with E-state index in [1.54, 1.807) is 24.3 Å². The molecule has 0 heterocycles. The number of hydrogen-bond acceptors (Lipinski definition) is 5. The summed E-state index contributed by atoms with van der Waals surface area (Å²) in [6, 6.07) is 25.9. The van der Waals surface area contributed by atoms with Gasteiger partial charge in [-0.05, 0) is 47.5 Å². The number of benzene rings is 3. The van der Waals surface area contributed by atoms with Gasteiger partial charge in [0.1, 0.15) is 18.1 Å². The van der Waals surface area contributed by atoms with Gasteiger partial charge in [0.2, 0.25) is 0 Å². The summed E-state index contributed by atoms with van der Waals surface area (Å²) in [5.74, 6) is 0.835. The van der Waals surface area contributed by atoms with Gasteiger partial charge >= 0.3 is 0 Å². The Morgan fingerprint density at radius 2 is 1.76 bits per heavy atom. The van der Waals surface area contributed by atoms with Crippen molar-refractivity contribution in [2.45, 2.75) is 6.61 Å². The third kappa shape index (κ3) is 6.52. The van der Waals surface area contributed by atoms with Crippen molar-refractivity contribution >= 4 is 12.1 Å². The zero-order chi connectivity index (χ0) is 20.3. The van der Waals surface area contributed by atoms with Gasteiger partial charge in [-0.1, -0.05) is 42.5 Å². The highest BCUT2D eigenvalue weighted by molar-refractivity contribution is 5.83. The Hall–Kier alpha value is -4.11. The predicted octanol–water partition coefficient (Wildman–Crippen LogP) is 3.67. The normalized spacial score (nSPS) is 10.3. The molecular formula is C23H19N3O3. The maximum Gasteiger partial charge on any atom is 0.277 e. The number of nitrogens with zero attached hydrogens (tertiary/aromatic N) is 2. The standard InChI is InChI=1S/C23H19N3O3/c24-14-18-9-11-21(12-10-18)29-17-23(27)26-25-15-20-7-4-8-22(13-20)28-16-19-5-2-1-3-6-19/h1-13,15H,16-17H2,(H,26,27). The fourth-order valence-electron chi connectivity index (χ4n) is 2.41. The molecule has 3 aromatic rings. The van der Waals surface area contributed by atoms with Crippen LogP contribution < -0.4 is 14.9 Å². The van der Waals surface area contributed by atoms with E-state index in [2.05, 4.69) is 10.5 Å². The van der Waals surface area contributed by atoms with Gasteiger partial charge in [-0.3, -0.25) is 4.79 Å². The van der Waals surface area contributed by atoms with Crippen LogP contribution in [0, 0.1) is 11.3 Å². The molecule has 0 aliphatic heterocycles. The number of hydrogen-bond donors (Lipinski definition) is 1. The second-order valence-corrected chi connectivity index (χ2v) is 6.06. The van der Waals surface area contributed by atoms with E-state index in [-0.39, 0.29) is 12.5 Å². The highest BCUT2D eigenvalue weighted by Crippen LogP contribution is 2.14. The number of rotatable bonds is 8. The summed E-state index contributed by atoms with van der Waals surface area (Å²) in [4.78, 5) is 11.8. The SMILES string of the molecule is N#Cc1ccc(OCC(=O)NN=Cc2cccc(OCc3ccccc3)c2)cc1. The Bertz CT molecular complexity index is 1010. The molecule has 6 heteroatoms. The number of carbonyl (C=O) groups is 1. The first-order valence-electron chi connectivity index (χ1n) is 8.94. The molecule has 0 spiro atoms. The Labute approximate surface area is 169 Å². The molecule has 0 saturated heterocycles. The average Bonchev–Trinajstić information content (AvgIpc) is 2.78. The number of carbonyl (C=O) groups excluding carboxylic acids is 1. The van der Waals surface area contributed by atoms with E-state index in [0.717, 1.165) is 11.1 Å². The van der Waals surface area contributed by atoms with Crippen LogP contribution in [0.15, 0.2) is 84.0 Å². The minimum Gasteiger partial charge on any atom is -0.489 e. The quantitative estimate of drug-likeness (QED) is 0.474. The van der Waals surface area contributed by atoms with E-state index >= 15 is 0 Å². The molecule has 0 saturated carbocycles. The van der Waals surface area contributed by atoms with Crippen LogP contribution in [0.1, 0.15) is 16.7 Å². The molecule has 0 atom stereocenters. The van der Waals surface area contributed by atoms with Gasteiger partial charge < -0.3 is 9.47 Å². The average molecular weight is 385 g/mol. The predicted molar refractivity (Wildman–Crippen MR) is 110 cm³/mol. The lowest BCUT2D eigenvalue weighted by Gasteiger charge is -2.07. The summed E-state index contributed by atoms with van der Waals surface area (Å²) in [5, 5.41) is 12.7. The van der Waals surface area contributed by atoms with Crippen LogP contribution in [0.3, 0.4) is 0 Å². The smallest absolute Gasteiger partial charge is 0.277 e. The van der Waals surface area contributed by atoms with E-state index in [1.165, 1.54) is 6.21 Å². The Morgan fingerprint density at radius 1 is 0.966 bits per heavy atom. The Balaban J connectivity index is 1.45. The summed E-state index contributed by atoms with van der Waals surface area (Å²) in [6.07, 6.45) is 1.54. The lowest BCUT2D eigenvalue weighted by molar-refractivity contribution is -0.123. The van der Waals surface area contributed by atoms with E-state index < -0.39 is 0 Å². The fraction of sp³-hybridized carbons (Fsp3) is 0.0870. The van der Waals surface area contributed by atoms with Gasteiger partial charge in [0.15, 0.2) is 6.61 Å². The lowest BCUT2D eigenvalue weighted by Crippen LogP contribution is -2.24. The summed E-state index contributed by atoms with van der Waals surface area (Å²) in [6.45, 7) is 0.300. The first-order chi connectivity index (χ1) is 14.2. The maximum absolute atomic E-state index is 11.8. The van der Waals surface area contributed by atoms with Crippen LogP contribution in [0.5, 0.6) is 11.5 Å². The first kappa shape index (κ1) is 19.6. The van der Waals surface area contributed by atoms with Gasteiger partial charge in [-0.2, -0.15) is 10.4 Å². The van der Waals surface area contributed by atoms with Crippen molar-refractivity contribution in [1.29, 1.82) is 5.26 Å². The highest BCUT2D eigenvalue weighted by Gasteiger charge is 2.02. The molecule has 0 radical (unpaired) electrons. The second-order valence-electron chi connectivity index (χ2n) is 6.06. The van der Waals surface area contributed by atoms with Crippen molar-refractivity contribution in [3.05, 3.63) is 95.6 Å². The fourth-order valence-corrected chi connectivity index (χ4v) is 2.41. The van der Waals surface area contributed by atoms with Crippen molar-refractivity contribution < 1.29 is 14.3 Å². The van der Waals surface area contributed by atoms with Crippen molar-refractivity contribution in [3.63, 3.8) is 0 Å². The van der Waals surface area contributed by atoms with E-state index in [1.807, 2.05) is 60.7 Å². The van der Waals surface area contributed by atoms with Gasteiger partial charge in [-0.25, -0.2) is 5.43 Å². The maximum atomic E-state index is 11.8. The number of amides is 1. The lowest BCUT2D eigenvalue weighted by atomic mass is 10.2. The summed E-state index contributed by atoms with van der Waals surface area (Å²) < 4.78 is 11.1. The number of nitrogens with one attached hydrogen (secondary N) is 1. The number of ether oxygens (including phenoxy) is 2. The van der Waals surface area contributed by atoms with Crippen LogP contribution in [0.2, 0.25) is 0 Å². The molecule has 0 bridgehead atoms. The third-order valence-corrected chi connectivity index (χ3v) is 3.86. The van der Waals surface area contributed by atoms with Gasteiger partial charge in [0.05, 0.1) is 17.8 Å².